The number of amides is 2. The number of hydrogen-bond acceptors (Lipinski definition) is 5. The maximum absolute atomic E-state index is 13.6. The molecular formula is C20H27FN2O5. The summed E-state index contributed by atoms with van der Waals surface area (Å²) >= 11 is 0. The highest BCUT2D eigenvalue weighted by molar-refractivity contribution is 5.94. The molecule has 0 N–H and O–H groups in total. The minimum atomic E-state index is -0.451. The van der Waals surface area contributed by atoms with Crippen molar-refractivity contribution in [1.29, 1.82) is 0 Å². The number of methoxy groups -OCH3 is 1. The van der Waals surface area contributed by atoms with Gasteiger partial charge in [0.05, 0.1) is 18.8 Å². The van der Waals surface area contributed by atoms with E-state index in [0.29, 0.717) is 45.0 Å². The second-order valence-corrected chi connectivity index (χ2v) is 7.12. The summed E-state index contributed by atoms with van der Waals surface area (Å²) in [7, 11) is 1.48. The van der Waals surface area contributed by atoms with Crippen LogP contribution in [0.25, 0.3) is 0 Å². The normalized spacial score (nSPS) is 22.3. The highest BCUT2D eigenvalue weighted by Crippen LogP contribution is 2.17. The van der Waals surface area contributed by atoms with Crippen LogP contribution in [-0.4, -0.2) is 86.9 Å². The summed E-state index contributed by atoms with van der Waals surface area (Å²) in [6.45, 7) is 2.73. The van der Waals surface area contributed by atoms with Crippen molar-refractivity contribution in [1.82, 2.24) is 9.80 Å². The maximum Gasteiger partial charge on any atom is 0.254 e. The number of carbonyl (C=O) groups is 2. The predicted octanol–water partition coefficient (Wildman–Crippen LogP) is 1.32. The summed E-state index contributed by atoms with van der Waals surface area (Å²) < 4.78 is 30.0. The van der Waals surface area contributed by atoms with Gasteiger partial charge in [-0.3, -0.25) is 9.59 Å². The molecule has 3 rings (SSSR count). The quantitative estimate of drug-likeness (QED) is 0.698. The third kappa shape index (κ3) is 5.50. The molecule has 2 amide bonds. The van der Waals surface area contributed by atoms with Crippen LogP contribution in [0.15, 0.2) is 24.3 Å². The Morgan fingerprint density at radius 2 is 2.04 bits per heavy atom. The molecule has 0 unspecified atom stereocenters. The molecule has 0 spiro atoms. The maximum atomic E-state index is 13.6. The molecule has 1 aromatic rings. The van der Waals surface area contributed by atoms with Gasteiger partial charge in [0.2, 0.25) is 5.91 Å². The first-order valence-corrected chi connectivity index (χ1v) is 9.61. The minimum Gasteiger partial charge on any atom is -0.376 e. The fourth-order valence-corrected chi connectivity index (χ4v) is 3.60. The van der Waals surface area contributed by atoms with Crippen molar-refractivity contribution in [3.63, 3.8) is 0 Å². The van der Waals surface area contributed by atoms with Crippen LogP contribution < -0.4 is 0 Å². The summed E-state index contributed by atoms with van der Waals surface area (Å²) in [6, 6.07) is 5.67. The minimum absolute atomic E-state index is 0.0224. The van der Waals surface area contributed by atoms with Crippen molar-refractivity contribution < 1.29 is 28.2 Å². The summed E-state index contributed by atoms with van der Waals surface area (Å²) in [4.78, 5) is 28.5. The zero-order valence-electron chi connectivity index (χ0n) is 16.1. The molecular weight excluding hydrogens is 367 g/mol. The Kier molecular flexibility index (Phi) is 7.36. The van der Waals surface area contributed by atoms with Gasteiger partial charge in [-0.2, -0.15) is 0 Å². The number of rotatable bonds is 7. The molecule has 28 heavy (non-hydrogen) atoms. The fraction of sp³-hybridized carbons (Fsp3) is 0.600. The number of hydrogen-bond donors (Lipinski definition) is 0. The molecule has 2 atom stereocenters. The molecule has 2 heterocycles. The Hall–Kier alpha value is -2.03. The lowest BCUT2D eigenvalue weighted by Gasteiger charge is -2.36. The Bertz CT molecular complexity index is 680. The fourth-order valence-electron chi connectivity index (χ4n) is 3.60. The van der Waals surface area contributed by atoms with Crippen LogP contribution in [0, 0.1) is 5.82 Å². The van der Waals surface area contributed by atoms with E-state index < -0.39 is 5.82 Å². The van der Waals surface area contributed by atoms with Crippen molar-refractivity contribution in [3.8, 4) is 0 Å². The molecule has 8 heteroatoms. The van der Waals surface area contributed by atoms with Gasteiger partial charge < -0.3 is 24.0 Å². The van der Waals surface area contributed by atoms with E-state index in [-0.39, 0.29) is 30.6 Å². The average Bonchev–Trinajstić information content (AvgIpc) is 3.20. The Balaban J connectivity index is 1.69. The summed E-state index contributed by atoms with van der Waals surface area (Å²) in [5.41, 5.74) is 0.293. The van der Waals surface area contributed by atoms with E-state index in [1.807, 2.05) is 0 Å². The van der Waals surface area contributed by atoms with Gasteiger partial charge in [0, 0.05) is 45.5 Å². The standard InChI is InChI=1S/C20H27FN2O5/c1-26-14-19(24)22-7-9-28-18(12-22)13-23(11-17-6-3-8-27-17)20(25)15-4-2-5-16(21)10-15/h2,4-5,10,17-18H,3,6-9,11-14H2,1H3/t17-,18-/m1/s1. The van der Waals surface area contributed by atoms with E-state index in [1.165, 1.54) is 25.3 Å². The SMILES string of the molecule is COCC(=O)N1CCO[C@@H](CN(C[C@H]2CCCO2)C(=O)c2cccc(F)c2)C1. The van der Waals surface area contributed by atoms with Crippen LogP contribution >= 0.6 is 0 Å². The molecule has 154 valence electrons. The first kappa shape index (κ1) is 20.7. The van der Waals surface area contributed by atoms with E-state index >= 15 is 0 Å². The zero-order valence-corrected chi connectivity index (χ0v) is 16.1. The van der Waals surface area contributed by atoms with Gasteiger partial charge in [0.1, 0.15) is 12.4 Å². The van der Waals surface area contributed by atoms with E-state index in [9.17, 15) is 14.0 Å². The number of halogens is 1. The second kappa shape index (κ2) is 9.95. The molecule has 2 fully saturated rings. The molecule has 2 aliphatic heterocycles. The highest BCUT2D eigenvalue weighted by atomic mass is 19.1. The number of nitrogens with zero attached hydrogens (tertiary/aromatic N) is 2. The van der Waals surface area contributed by atoms with Crippen LogP contribution in [0.2, 0.25) is 0 Å². The zero-order chi connectivity index (χ0) is 19.9. The van der Waals surface area contributed by atoms with Gasteiger partial charge in [0.15, 0.2) is 0 Å². The van der Waals surface area contributed by atoms with E-state index in [4.69, 9.17) is 14.2 Å². The first-order chi connectivity index (χ1) is 13.6. The molecule has 0 aliphatic carbocycles. The van der Waals surface area contributed by atoms with Crippen LogP contribution in [0.5, 0.6) is 0 Å². The molecule has 0 saturated carbocycles. The summed E-state index contributed by atoms with van der Waals surface area (Å²) in [5.74, 6) is -0.815. The lowest BCUT2D eigenvalue weighted by Crippen LogP contribution is -2.52. The van der Waals surface area contributed by atoms with Gasteiger partial charge in [-0.15, -0.1) is 0 Å². The molecule has 0 bridgehead atoms. The van der Waals surface area contributed by atoms with Crippen molar-refractivity contribution in [3.05, 3.63) is 35.6 Å². The Labute approximate surface area is 164 Å². The third-order valence-corrected chi connectivity index (χ3v) is 4.99. The number of morpholine rings is 1. The van der Waals surface area contributed by atoms with Gasteiger partial charge in [-0.1, -0.05) is 6.07 Å². The smallest absolute Gasteiger partial charge is 0.254 e. The summed E-state index contributed by atoms with van der Waals surface area (Å²) in [5, 5.41) is 0. The molecule has 7 nitrogen and oxygen atoms in total. The lowest BCUT2D eigenvalue weighted by molar-refractivity contribution is -0.143. The van der Waals surface area contributed by atoms with Crippen molar-refractivity contribution in [2.75, 3.05) is 53.1 Å². The van der Waals surface area contributed by atoms with Crippen molar-refractivity contribution >= 4 is 11.8 Å². The average molecular weight is 394 g/mol. The van der Waals surface area contributed by atoms with Crippen LogP contribution in [0.1, 0.15) is 23.2 Å². The highest BCUT2D eigenvalue weighted by Gasteiger charge is 2.30. The van der Waals surface area contributed by atoms with E-state index in [1.54, 1.807) is 15.9 Å². The number of carbonyl (C=O) groups excluding carboxylic acids is 2. The Morgan fingerprint density at radius 3 is 2.75 bits per heavy atom. The van der Waals surface area contributed by atoms with Crippen LogP contribution in [0.4, 0.5) is 4.39 Å². The monoisotopic (exact) mass is 394 g/mol. The topological polar surface area (TPSA) is 68.3 Å². The summed E-state index contributed by atoms with van der Waals surface area (Å²) in [6.07, 6.45) is 1.50. The Morgan fingerprint density at radius 1 is 1.25 bits per heavy atom. The van der Waals surface area contributed by atoms with Gasteiger partial charge in [-0.05, 0) is 31.0 Å². The first-order valence-electron chi connectivity index (χ1n) is 9.61. The van der Waals surface area contributed by atoms with Gasteiger partial charge in [0.25, 0.3) is 5.91 Å². The van der Waals surface area contributed by atoms with E-state index in [2.05, 4.69) is 0 Å². The molecule has 2 saturated heterocycles. The van der Waals surface area contributed by atoms with E-state index in [0.717, 1.165) is 12.8 Å². The van der Waals surface area contributed by atoms with Crippen molar-refractivity contribution in [2.45, 2.75) is 25.0 Å². The van der Waals surface area contributed by atoms with Crippen molar-refractivity contribution in [2.24, 2.45) is 0 Å². The molecule has 0 radical (unpaired) electrons. The third-order valence-electron chi connectivity index (χ3n) is 4.99. The largest absolute Gasteiger partial charge is 0.376 e. The second-order valence-electron chi connectivity index (χ2n) is 7.12. The molecule has 0 aromatic heterocycles. The van der Waals surface area contributed by atoms with Gasteiger partial charge in [-0.25, -0.2) is 4.39 Å². The predicted molar refractivity (Wildman–Crippen MR) is 99.5 cm³/mol. The number of ether oxygens (including phenoxy) is 3. The van der Waals surface area contributed by atoms with Gasteiger partial charge >= 0.3 is 0 Å². The molecule has 2 aliphatic rings. The lowest BCUT2D eigenvalue weighted by atomic mass is 10.1. The van der Waals surface area contributed by atoms with Crippen LogP contribution in [-0.2, 0) is 19.0 Å². The number of benzene rings is 1. The van der Waals surface area contributed by atoms with Crippen LogP contribution in [0.3, 0.4) is 0 Å². The molecule has 1 aromatic carbocycles.